The highest BCUT2D eigenvalue weighted by Gasteiger charge is 2.06. The Bertz CT molecular complexity index is 611. The number of nitrogen functional groups attached to an aromatic ring is 1. The summed E-state index contributed by atoms with van der Waals surface area (Å²) in [6, 6.07) is 13.0. The number of anilines is 1. The predicted octanol–water partition coefficient (Wildman–Crippen LogP) is 3.81. The fourth-order valence-electron chi connectivity index (χ4n) is 1.72. The largest absolute Gasteiger partial charge is 0.489 e. The summed E-state index contributed by atoms with van der Waals surface area (Å²) in [5, 5.41) is 0. The lowest BCUT2D eigenvalue weighted by Gasteiger charge is -2.09. The monoisotopic (exact) mass is 319 g/mol. The number of rotatable bonds is 4. The topological polar surface area (TPSA) is 52.3 Å². The van der Waals surface area contributed by atoms with Gasteiger partial charge in [0.2, 0.25) is 0 Å². The molecule has 0 fully saturated rings. The second-order valence-electron chi connectivity index (χ2n) is 4.22. The van der Waals surface area contributed by atoms with E-state index < -0.39 is 0 Å². The summed E-state index contributed by atoms with van der Waals surface area (Å²) in [7, 11) is 0. The Balaban J connectivity index is 2.12. The van der Waals surface area contributed by atoms with Crippen LogP contribution in [0.5, 0.6) is 5.75 Å². The van der Waals surface area contributed by atoms with Crippen molar-refractivity contribution in [3.05, 3.63) is 58.1 Å². The molecule has 0 heterocycles. The molecular weight excluding hydrogens is 306 g/mol. The van der Waals surface area contributed by atoms with Crippen LogP contribution in [0.15, 0.2) is 46.9 Å². The summed E-state index contributed by atoms with van der Waals surface area (Å²) in [6.45, 7) is 1.94. The Hall–Kier alpha value is -1.81. The van der Waals surface area contributed by atoms with Crippen LogP contribution < -0.4 is 10.5 Å². The van der Waals surface area contributed by atoms with E-state index in [1.807, 2.05) is 24.3 Å². The van der Waals surface area contributed by atoms with Gasteiger partial charge in [0.05, 0.1) is 0 Å². The standard InChI is InChI=1S/C15H14BrNO2/c1-10(18)14-8-13(5-6-15(14)17)19-9-11-3-2-4-12(16)7-11/h2-8H,9,17H2,1H3. The van der Waals surface area contributed by atoms with Gasteiger partial charge in [-0.2, -0.15) is 0 Å². The first kappa shape index (κ1) is 13.6. The lowest BCUT2D eigenvalue weighted by Crippen LogP contribution is -2.01. The van der Waals surface area contributed by atoms with Crippen LogP contribution in [0.4, 0.5) is 5.69 Å². The molecule has 3 nitrogen and oxygen atoms in total. The van der Waals surface area contributed by atoms with Gasteiger partial charge in [0, 0.05) is 15.7 Å². The van der Waals surface area contributed by atoms with Gasteiger partial charge in [-0.25, -0.2) is 0 Å². The zero-order valence-corrected chi connectivity index (χ0v) is 12.1. The highest BCUT2D eigenvalue weighted by molar-refractivity contribution is 9.10. The smallest absolute Gasteiger partial charge is 0.162 e. The highest BCUT2D eigenvalue weighted by atomic mass is 79.9. The van der Waals surface area contributed by atoms with Gasteiger partial charge in [-0.1, -0.05) is 28.1 Å². The van der Waals surface area contributed by atoms with E-state index in [4.69, 9.17) is 10.5 Å². The predicted molar refractivity (Wildman–Crippen MR) is 79.3 cm³/mol. The van der Waals surface area contributed by atoms with E-state index in [1.54, 1.807) is 18.2 Å². The molecule has 0 radical (unpaired) electrons. The van der Waals surface area contributed by atoms with Crippen LogP contribution in [-0.4, -0.2) is 5.78 Å². The van der Waals surface area contributed by atoms with Crippen molar-refractivity contribution < 1.29 is 9.53 Å². The molecule has 0 unspecified atom stereocenters. The summed E-state index contributed by atoms with van der Waals surface area (Å²) in [4.78, 5) is 11.4. The van der Waals surface area contributed by atoms with E-state index in [2.05, 4.69) is 15.9 Å². The summed E-state index contributed by atoms with van der Waals surface area (Å²) < 4.78 is 6.67. The number of carbonyl (C=O) groups excluding carboxylic acids is 1. The summed E-state index contributed by atoms with van der Waals surface area (Å²) in [5.41, 5.74) is 7.75. The van der Waals surface area contributed by atoms with E-state index in [9.17, 15) is 4.79 Å². The molecule has 0 aliphatic heterocycles. The SMILES string of the molecule is CC(=O)c1cc(OCc2cccc(Br)c2)ccc1N. The van der Waals surface area contributed by atoms with Crippen LogP contribution in [0.3, 0.4) is 0 Å². The van der Waals surface area contributed by atoms with Crippen molar-refractivity contribution in [2.45, 2.75) is 13.5 Å². The van der Waals surface area contributed by atoms with Crippen molar-refractivity contribution in [1.29, 1.82) is 0 Å². The highest BCUT2D eigenvalue weighted by Crippen LogP contribution is 2.21. The zero-order chi connectivity index (χ0) is 13.8. The lowest BCUT2D eigenvalue weighted by molar-refractivity contribution is 0.101. The minimum Gasteiger partial charge on any atom is -0.489 e. The average Bonchev–Trinajstić information content (AvgIpc) is 2.37. The third kappa shape index (κ3) is 3.58. The molecule has 2 aromatic rings. The molecular formula is C15H14BrNO2. The van der Waals surface area contributed by atoms with Crippen LogP contribution in [0.25, 0.3) is 0 Å². The summed E-state index contributed by atoms with van der Waals surface area (Å²) in [5.74, 6) is 0.574. The molecule has 4 heteroatoms. The number of benzene rings is 2. The maximum atomic E-state index is 11.4. The second kappa shape index (κ2) is 5.89. The number of nitrogens with two attached hydrogens (primary N) is 1. The van der Waals surface area contributed by atoms with Gasteiger partial charge >= 0.3 is 0 Å². The Labute approximate surface area is 120 Å². The van der Waals surface area contributed by atoms with E-state index >= 15 is 0 Å². The normalized spacial score (nSPS) is 10.2. The Morgan fingerprint density at radius 2 is 2.05 bits per heavy atom. The van der Waals surface area contributed by atoms with Crippen LogP contribution >= 0.6 is 15.9 Å². The molecule has 0 atom stereocenters. The van der Waals surface area contributed by atoms with Crippen LogP contribution in [0.1, 0.15) is 22.8 Å². The second-order valence-corrected chi connectivity index (χ2v) is 5.14. The number of hydrogen-bond donors (Lipinski definition) is 1. The van der Waals surface area contributed by atoms with E-state index in [0.29, 0.717) is 23.6 Å². The Morgan fingerprint density at radius 3 is 2.74 bits per heavy atom. The van der Waals surface area contributed by atoms with Crippen molar-refractivity contribution in [1.82, 2.24) is 0 Å². The fraction of sp³-hybridized carbons (Fsp3) is 0.133. The first-order valence-corrected chi connectivity index (χ1v) is 6.63. The molecule has 2 rings (SSSR count). The Kier molecular flexibility index (Phi) is 4.22. The zero-order valence-electron chi connectivity index (χ0n) is 10.5. The molecule has 0 aromatic heterocycles. The molecule has 0 saturated carbocycles. The molecule has 2 aromatic carbocycles. The van der Waals surface area contributed by atoms with Gasteiger partial charge in [-0.15, -0.1) is 0 Å². The summed E-state index contributed by atoms with van der Waals surface area (Å²) in [6.07, 6.45) is 0. The van der Waals surface area contributed by atoms with E-state index in [0.717, 1.165) is 10.0 Å². The van der Waals surface area contributed by atoms with Crippen molar-refractivity contribution in [2.75, 3.05) is 5.73 Å². The molecule has 0 bridgehead atoms. The minimum absolute atomic E-state index is 0.0644. The van der Waals surface area contributed by atoms with Crippen molar-refractivity contribution in [2.24, 2.45) is 0 Å². The van der Waals surface area contributed by atoms with Gasteiger partial charge in [-0.3, -0.25) is 4.79 Å². The molecule has 19 heavy (non-hydrogen) atoms. The maximum absolute atomic E-state index is 11.4. The first-order valence-electron chi connectivity index (χ1n) is 5.84. The number of halogens is 1. The van der Waals surface area contributed by atoms with E-state index in [-0.39, 0.29) is 5.78 Å². The quantitative estimate of drug-likeness (QED) is 0.688. The molecule has 0 spiro atoms. The summed E-state index contributed by atoms with van der Waals surface area (Å²) >= 11 is 3.41. The molecule has 98 valence electrons. The van der Waals surface area contributed by atoms with Crippen molar-refractivity contribution in [3.8, 4) is 5.75 Å². The van der Waals surface area contributed by atoms with Gasteiger partial charge in [0.25, 0.3) is 0 Å². The number of ketones is 1. The van der Waals surface area contributed by atoms with Gasteiger partial charge in [0.15, 0.2) is 5.78 Å². The molecule has 2 N–H and O–H groups in total. The first-order chi connectivity index (χ1) is 9.06. The van der Waals surface area contributed by atoms with Crippen LogP contribution in [0.2, 0.25) is 0 Å². The number of ether oxygens (including phenoxy) is 1. The van der Waals surface area contributed by atoms with Gasteiger partial charge in [-0.05, 0) is 42.8 Å². The minimum atomic E-state index is -0.0644. The Morgan fingerprint density at radius 1 is 1.26 bits per heavy atom. The molecule has 0 aliphatic carbocycles. The van der Waals surface area contributed by atoms with Gasteiger partial charge < -0.3 is 10.5 Å². The fourth-order valence-corrected chi connectivity index (χ4v) is 2.17. The number of hydrogen-bond acceptors (Lipinski definition) is 3. The van der Waals surface area contributed by atoms with Gasteiger partial charge in [0.1, 0.15) is 12.4 Å². The van der Waals surface area contributed by atoms with E-state index in [1.165, 1.54) is 6.92 Å². The van der Waals surface area contributed by atoms with Crippen molar-refractivity contribution >= 4 is 27.4 Å². The lowest BCUT2D eigenvalue weighted by atomic mass is 10.1. The van der Waals surface area contributed by atoms with Crippen LogP contribution in [-0.2, 0) is 6.61 Å². The molecule has 0 saturated heterocycles. The third-order valence-corrected chi connectivity index (χ3v) is 3.19. The van der Waals surface area contributed by atoms with Crippen LogP contribution in [0, 0.1) is 0 Å². The number of Topliss-reactive ketones (excluding diaryl/α,β-unsaturated/α-hetero) is 1. The average molecular weight is 320 g/mol. The molecule has 0 aliphatic rings. The maximum Gasteiger partial charge on any atom is 0.162 e. The third-order valence-electron chi connectivity index (χ3n) is 2.70. The molecule has 0 amide bonds. The van der Waals surface area contributed by atoms with Crippen molar-refractivity contribution in [3.63, 3.8) is 0 Å². The number of carbonyl (C=O) groups is 1.